The lowest BCUT2D eigenvalue weighted by Crippen LogP contribution is -2.20. The highest BCUT2D eigenvalue weighted by Gasteiger charge is 2.20. The van der Waals surface area contributed by atoms with Crippen LogP contribution in [0.15, 0.2) is 71.3 Å². The molecule has 1 heterocycles. The van der Waals surface area contributed by atoms with E-state index in [-0.39, 0.29) is 12.5 Å². The number of anilines is 1. The van der Waals surface area contributed by atoms with Crippen LogP contribution in [0, 0.1) is 5.82 Å². The Morgan fingerprint density at radius 3 is 2.39 bits per heavy atom. The van der Waals surface area contributed by atoms with Crippen molar-refractivity contribution in [2.24, 2.45) is 0 Å². The maximum Gasteiger partial charge on any atom is 0.262 e. The second-order valence-electron chi connectivity index (χ2n) is 6.83. The summed E-state index contributed by atoms with van der Waals surface area (Å²) in [7, 11) is 2.99. The van der Waals surface area contributed by atoms with Crippen LogP contribution < -0.4 is 19.5 Å². The van der Waals surface area contributed by atoms with Gasteiger partial charge in [0, 0.05) is 11.6 Å². The van der Waals surface area contributed by atoms with Gasteiger partial charge in [-0.3, -0.25) is 4.79 Å². The van der Waals surface area contributed by atoms with Crippen molar-refractivity contribution in [3.8, 4) is 40.1 Å². The van der Waals surface area contributed by atoms with Gasteiger partial charge in [0.05, 0.1) is 25.5 Å². The van der Waals surface area contributed by atoms with Crippen molar-refractivity contribution in [3.05, 3.63) is 72.5 Å². The highest BCUT2D eigenvalue weighted by atomic mass is 19.1. The molecule has 4 rings (SSSR count). The molecule has 1 aromatic heterocycles. The topological polar surface area (TPSA) is 95.7 Å². The van der Waals surface area contributed by atoms with Gasteiger partial charge in [0.15, 0.2) is 18.1 Å². The second kappa shape index (κ2) is 9.82. The van der Waals surface area contributed by atoms with Crippen molar-refractivity contribution < 1.29 is 27.9 Å². The largest absolute Gasteiger partial charge is 0.493 e. The summed E-state index contributed by atoms with van der Waals surface area (Å²) in [5.74, 6) is 0.934. The first-order valence-electron chi connectivity index (χ1n) is 9.91. The minimum Gasteiger partial charge on any atom is -0.493 e. The summed E-state index contributed by atoms with van der Waals surface area (Å²) in [4.78, 5) is 17.0. The van der Waals surface area contributed by atoms with E-state index in [0.29, 0.717) is 34.3 Å². The van der Waals surface area contributed by atoms with E-state index in [4.69, 9.17) is 18.7 Å². The van der Waals surface area contributed by atoms with Crippen molar-refractivity contribution in [1.82, 2.24) is 10.1 Å². The van der Waals surface area contributed by atoms with Crippen molar-refractivity contribution in [3.63, 3.8) is 0 Å². The van der Waals surface area contributed by atoms with E-state index in [9.17, 15) is 9.18 Å². The summed E-state index contributed by atoms with van der Waals surface area (Å²) in [6.45, 7) is -0.293. The smallest absolute Gasteiger partial charge is 0.262 e. The fourth-order valence-corrected chi connectivity index (χ4v) is 3.06. The molecule has 0 aliphatic heterocycles. The van der Waals surface area contributed by atoms with Crippen LogP contribution in [0.4, 0.5) is 10.1 Å². The van der Waals surface area contributed by atoms with Crippen molar-refractivity contribution in [2.75, 3.05) is 26.1 Å². The zero-order chi connectivity index (χ0) is 23.2. The Labute approximate surface area is 188 Å². The van der Waals surface area contributed by atoms with E-state index in [1.165, 1.54) is 38.5 Å². The van der Waals surface area contributed by atoms with Gasteiger partial charge < -0.3 is 24.1 Å². The lowest BCUT2D eigenvalue weighted by Gasteiger charge is -2.14. The van der Waals surface area contributed by atoms with E-state index in [1.807, 2.05) is 30.3 Å². The third-order valence-electron chi connectivity index (χ3n) is 4.67. The molecule has 1 N–H and O–H groups in total. The summed E-state index contributed by atoms with van der Waals surface area (Å²) in [6.07, 6.45) is 0. The third kappa shape index (κ3) is 5.09. The first-order valence-corrected chi connectivity index (χ1v) is 9.91. The first-order chi connectivity index (χ1) is 16.1. The molecule has 0 unspecified atom stereocenters. The van der Waals surface area contributed by atoms with Gasteiger partial charge >= 0.3 is 0 Å². The number of aromatic nitrogens is 2. The molecule has 0 aliphatic carbocycles. The van der Waals surface area contributed by atoms with E-state index in [1.54, 1.807) is 12.1 Å². The Morgan fingerprint density at radius 1 is 1.00 bits per heavy atom. The van der Waals surface area contributed by atoms with E-state index < -0.39 is 11.7 Å². The van der Waals surface area contributed by atoms with Gasteiger partial charge in [-0.25, -0.2) is 4.39 Å². The molecule has 0 atom stereocenters. The molecule has 0 aliphatic rings. The molecule has 0 fully saturated rings. The number of nitrogens with zero attached hydrogens (tertiary/aromatic N) is 2. The molecule has 0 saturated heterocycles. The zero-order valence-electron chi connectivity index (χ0n) is 17.9. The number of rotatable bonds is 8. The van der Waals surface area contributed by atoms with Crippen LogP contribution in [0.5, 0.6) is 17.2 Å². The number of carbonyl (C=O) groups excluding carboxylic acids is 1. The van der Waals surface area contributed by atoms with Crippen LogP contribution in [0.25, 0.3) is 22.8 Å². The van der Waals surface area contributed by atoms with Gasteiger partial charge in [-0.1, -0.05) is 35.5 Å². The molecule has 0 radical (unpaired) electrons. The summed E-state index contributed by atoms with van der Waals surface area (Å²) in [5.41, 5.74) is 1.59. The molecule has 8 nitrogen and oxygen atoms in total. The zero-order valence-corrected chi connectivity index (χ0v) is 17.9. The summed E-state index contributed by atoms with van der Waals surface area (Å²) >= 11 is 0. The predicted octanol–water partition coefficient (Wildman–Crippen LogP) is 4.58. The van der Waals surface area contributed by atoms with Crippen LogP contribution in [0.2, 0.25) is 0 Å². The molecule has 3 aromatic carbocycles. The van der Waals surface area contributed by atoms with Gasteiger partial charge in [-0.15, -0.1) is 0 Å². The standard InChI is InChI=1S/C24H20FN3O5/c1-30-20-12-18(24-27-23(28-33-24)15-6-4-3-5-7-15)19(13-21(20)31-2)26-22(29)14-32-17-10-8-16(25)9-11-17/h3-13H,14H2,1-2H3,(H,26,29). The number of hydrogen-bond donors (Lipinski definition) is 1. The molecule has 33 heavy (non-hydrogen) atoms. The Morgan fingerprint density at radius 2 is 1.70 bits per heavy atom. The molecule has 0 saturated carbocycles. The second-order valence-corrected chi connectivity index (χ2v) is 6.83. The molecule has 9 heteroatoms. The molecule has 0 spiro atoms. The number of benzene rings is 3. The number of nitrogens with one attached hydrogen (secondary N) is 1. The lowest BCUT2D eigenvalue weighted by atomic mass is 10.1. The van der Waals surface area contributed by atoms with E-state index >= 15 is 0 Å². The van der Waals surface area contributed by atoms with E-state index in [0.717, 1.165) is 5.56 Å². The van der Waals surface area contributed by atoms with Gasteiger partial charge in [0.2, 0.25) is 5.82 Å². The number of halogens is 1. The summed E-state index contributed by atoms with van der Waals surface area (Å²) < 4.78 is 34.7. The summed E-state index contributed by atoms with van der Waals surface area (Å²) in [6, 6.07) is 18.0. The van der Waals surface area contributed by atoms with Gasteiger partial charge in [-0.05, 0) is 30.3 Å². The lowest BCUT2D eigenvalue weighted by molar-refractivity contribution is -0.118. The number of hydrogen-bond acceptors (Lipinski definition) is 7. The fourth-order valence-electron chi connectivity index (χ4n) is 3.06. The molecular formula is C24H20FN3O5. The Balaban J connectivity index is 1.61. The van der Waals surface area contributed by atoms with Gasteiger partial charge in [0.25, 0.3) is 11.8 Å². The maximum absolute atomic E-state index is 13.0. The van der Waals surface area contributed by atoms with Crippen LogP contribution in [0.1, 0.15) is 0 Å². The SMILES string of the molecule is COc1cc(NC(=O)COc2ccc(F)cc2)c(-c2nc(-c3ccccc3)no2)cc1OC. The molecule has 1 amide bonds. The predicted molar refractivity (Wildman–Crippen MR) is 119 cm³/mol. The Kier molecular flexibility index (Phi) is 6.49. The monoisotopic (exact) mass is 449 g/mol. The Hall–Kier alpha value is -4.40. The van der Waals surface area contributed by atoms with Crippen molar-refractivity contribution in [2.45, 2.75) is 0 Å². The maximum atomic E-state index is 13.0. The molecular weight excluding hydrogens is 429 g/mol. The molecule has 0 bridgehead atoms. The normalized spacial score (nSPS) is 10.5. The average Bonchev–Trinajstić information content (AvgIpc) is 3.34. The first kappa shape index (κ1) is 21.8. The van der Waals surface area contributed by atoms with Crippen LogP contribution >= 0.6 is 0 Å². The number of methoxy groups -OCH3 is 2. The minimum atomic E-state index is -0.449. The number of ether oxygens (including phenoxy) is 3. The van der Waals surface area contributed by atoms with E-state index in [2.05, 4.69) is 15.5 Å². The van der Waals surface area contributed by atoms with Crippen LogP contribution in [-0.2, 0) is 4.79 Å². The Bertz CT molecular complexity index is 1240. The van der Waals surface area contributed by atoms with Crippen LogP contribution in [0.3, 0.4) is 0 Å². The van der Waals surface area contributed by atoms with Crippen molar-refractivity contribution in [1.29, 1.82) is 0 Å². The van der Waals surface area contributed by atoms with Crippen molar-refractivity contribution >= 4 is 11.6 Å². The average molecular weight is 449 g/mol. The quantitative estimate of drug-likeness (QED) is 0.421. The highest BCUT2D eigenvalue weighted by Crippen LogP contribution is 2.38. The third-order valence-corrected chi connectivity index (χ3v) is 4.67. The molecule has 168 valence electrons. The van der Waals surface area contributed by atoms with Gasteiger partial charge in [0.1, 0.15) is 11.6 Å². The molecule has 4 aromatic rings. The number of carbonyl (C=O) groups is 1. The van der Waals surface area contributed by atoms with Gasteiger partial charge in [-0.2, -0.15) is 4.98 Å². The summed E-state index contributed by atoms with van der Waals surface area (Å²) in [5, 5.41) is 6.80. The fraction of sp³-hybridized carbons (Fsp3) is 0.125. The highest BCUT2D eigenvalue weighted by molar-refractivity contribution is 5.96. The number of amides is 1. The minimum absolute atomic E-state index is 0.185. The van der Waals surface area contributed by atoms with Crippen LogP contribution in [-0.4, -0.2) is 36.9 Å².